The standard InChI is InChI=1S/C32H12BF24.C12H10N2OS/c34-25(35,36)13-1-14(26(37,38)39)6-21(5-13)33(22-7-15(27(40,41)42)2-16(8-22)28(43,44)45,23-9-17(29(46,47)48)3-18(10-23)30(49,50)51)24-11-19(31(52,53)54)4-20(12-24)32(55,56)57;15-11(9-14-7-5-13-6-8-14)10-3-1-2-4-12(10)16/h1-12H;1-8H,9H2/q-1;/p+1. The number of hydrogen-bond acceptors (Lipinski definition) is 3. The Bertz CT molecular complexity index is 2530. The number of rotatable bonds is 7. The number of nitrogens with zero attached hydrogens (tertiary/aromatic N) is 2. The number of Topliss-reactive ketones (excluding diaryl/α,β-unsaturated/α-hetero) is 1. The first-order valence-corrected chi connectivity index (χ1v) is 19.9. The van der Waals surface area contributed by atoms with Crippen molar-refractivity contribution < 1.29 is 115 Å². The molecule has 0 N–H and O–H groups in total. The zero-order valence-electron chi connectivity index (χ0n) is 35.2. The number of aromatic nitrogens is 2. The predicted molar refractivity (Wildman–Crippen MR) is 213 cm³/mol. The smallest absolute Gasteiger partial charge is 0.287 e. The second kappa shape index (κ2) is 19.8. The van der Waals surface area contributed by atoms with Gasteiger partial charge in [-0.25, -0.2) is 0 Å². The van der Waals surface area contributed by atoms with Gasteiger partial charge in [-0.05, 0) is 30.3 Å². The largest absolute Gasteiger partial charge is 0.416 e. The van der Waals surface area contributed by atoms with Gasteiger partial charge in [-0.1, -0.05) is 66.7 Å². The molecule has 6 aromatic rings. The van der Waals surface area contributed by atoms with E-state index in [0.717, 1.165) is 0 Å². The number of benzene rings is 5. The summed E-state index contributed by atoms with van der Waals surface area (Å²) < 4.78 is 343. The Labute approximate surface area is 398 Å². The summed E-state index contributed by atoms with van der Waals surface area (Å²) in [5.74, 6) is 0.0433. The van der Waals surface area contributed by atoms with Crippen LogP contribution in [0.3, 0.4) is 0 Å². The SMILES string of the molecule is FC(F)(F)c1cc([B-](c2cc(C(F)(F)F)cc(C(F)(F)F)c2)(c2cc(C(F)(F)F)cc(C(F)(F)F)c2)c2cc(C(F)(F)F)cc(C(F)(F)F)c2)cc(C(F)(F)F)c1.O=C(C[n+]1ccncc1)c1ccccc1S. The number of carbonyl (C=O) groups is 1. The number of hydrogen-bond donors (Lipinski definition) is 1. The first kappa shape index (κ1) is 57.5. The van der Waals surface area contributed by atoms with E-state index in [0.29, 0.717) is 17.0 Å². The third-order valence-corrected chi connectivity index (χ3v) is 11.0. The van der Waals surface area contributed by atoms with Gasteiger partial charge in [-0.2, -0.15) is 132 Å². The Kier molecular flexibility index (Phi) is 15.6. The highest BCUT2D eigenvalue weighted by atomic mass is 32.1. The Morgan fingerprint density at radius 1 is 0.397 bits per heavy atom. The van der Waals surface area contributed by atoms with Gasteiger partial charge in [0.1, 0.15) is 6.15 Å². The average Bonchev–Trinajstić information content (AvgIpc) is 3.24. The summed E-state index contributed by atoms with van der Waals surface area (Å²) in [5.41, 5.74) is -29.6. The molecule has 0 saturated heterocycles. The van der Waals surface area contributed by atoms with E-state index in [1.165, 1.54) is 0 Å². The monoisotopic (exact) mass is 1090 g/mol. The maximum atomic E-state index is 14.2. The van der Waals surface area contributed by atoms with Gasteiger partial charge in [0.25, 0.3) is 0 Å². The van der Waals surface area contributed by atoms with Gasteiger partial charge in [0.05, 0.1) is 56.9 Å². The van der Waals surface area contributed by atoms with Crippen molar-refractivity contribution in [3.05, 3.63) is 172 Å². The molecular formula is C44H23BF24N2OS. The lowest BCUT2D eigenvalue weighted by atomic mass is 9.12. The van der Waals surface area contributed by atoms with Crippen LogP contribution in [0.5, 0.6) is 0 Å². The molecule has 5 aromatic carbocycles. The van der Waals surface area contributed by atoms with E-state index < -0.39 is 195 Å². The van der Waals surface area contributed by atoms with Gasteiger partial charge >= 0.3 is 49.4 Å². The number of thiol groups is 1. The van der Waals surface area contributed by atoms with Crippen molar-refractivity contribution in [1.82, 2.24) is 4.98 Å². The molecule has 6 rings (SSSR count). The molecule has 73 heavy (non-hydrogen) atoms. The van der Waals surface area contributed by atoms with Gasteiger partial charge in [0, 0.05) is 10.5 Å². The molecule has 0 saturated carbocycles. The third-order valence-electron chi connectivity index (χ3n) is 10.7. The van der Waals surface area contributed by atoms with Gasteiger partial charge in [-0.3, -0.25) is 9.78 Å². The molecule has 0 aliphatic carbocycles. The zero-order chi connectivity index (χ0) is 55.3. The summed E-state index contributed by atoms with van der Waals surface area (Å²) in [6.45, 7) is 0.306. The van der Waals surface area contributed by atoms with E-state index in [2.05, 4.69) is 17.6 Å². The first-order valence-electron chi connectivity index (χ1n) is 19.5. The number of alkyl halides is 24. The topological polar surface area (TPSA) is 33.8 Å². The first-order chi connectivity index (χ1) is 33.0. The number of ketones is 1. The maximum Gasteiger partial charge on any atom is 0.416 e. The highest BCUT2D eigenvalue weighted by Crippen LogP contribution is 2.41. The molecule has 1 aromatic heterocycles. The highest BCUT2D eigenvalue weighted by Gasteiger charge is 2.47. The van der Waals surface area contributed by atoms with Crippen LogP contribution >= 0.6 is 12.6 Å². The quantitative estimate of drug-likeness (QED) is 0.0568. The van der Waals surface area contributed by atoms with E-state index in [1.54, 1.807) is 35.4 Å². The summed E-state index contributed by atoms with van der Waals surface area (Å²) >= 11 is 4.26. The van der Waals surface area contributed by atoms with Crippen LogP contribution in [0, 0.1) is 0 Å². The van der Waals surface area contributed by atoms with Crippen molar-refractivity contribution in [1.29, 1.82) is 0 Å². The summed E-state index contributed by atoms with van der Waals surface area (Å²) in [6.07, 6.45) is -48.0. The Balaban J connectivity index is 0.000000520. The van der Waals surface area contributed by atoms with E-state index in [4.69, 9.17) is 0 Å². The summed E-state index contributed by atoms with van der Waals surface area (Å²) in [4.78, 5) is 16.6. The molecule has 0 radical (unpaired) electrons. The fourth-order valence-electron chi connectivity index (χ4n) is 7.48. The Morgan fingerprint density at radius 3 is 0.849 bits per heavy atom. The summed E-state index contributed by atoms with van der Waals surface area (Å²) in [7, 11) is 0. The molecule has 29 heteroatoms. The van der Waals surface area contributed by atoms with Crippen LogP contribution in [-0.4, -0.2) is 16.9 Å². The highest BCUT2D eigenvalue weighted by molar-refractivity contribution is 7.80. The van der Waals surface area contributed by atoms with E-state index in [9.17, 15) is 110 Å². The van der Waals surface area contributed by atoms with Crippen molar-refractivity contribution in [2.24, 2.45) is 0 Å². The second-order valence-corrected chi connectivity index (χ2v) is 16.1. The minimum Gasteiger partial charge on any atom is -0.287 e. The van der Waals surface area contributed by atoms with Crippen LogP contribution in [0.4, 0.5) is 105 Å². The van der Waals surface area contributed by atoms with E-state index >= 15 is 0 Å². The van der Waals surface area contributed by atoms with E-state index in [1.807, 2.05) is 18.2 Å². The lowest BCUT2D eigenvalue weighted by molar-refractivity contribution is -0.683. The lowest BCUT2D eigenvalue weighted by Gasteiger charge is -2.46. The minimum absolute atomic E-state index is 0.0433. The molecule has 0 bridgehead atoms. The molecule has 3 nitrogen and oxygen atoms in total. The van der Waals surface area contributed by atoms with Gasteiger partial charge in [0.2, 0.25) is 12.3 Å². The molecule has 0 unspecified atom stereocenters. The summed E-state index contributed by atoms with van der Waals surface area (Å²) in [6, 6.07) is -1.52. The maximum absolute atomic E-state index is 14.2. The van der Waals surface area contributed by atoms with E-state index in [-0.39, 0.29) is 5.78 Å². The van der Waals surface area contributed by atoms with Crippen LogP contribution in [0.25, 0.3) is 0 Å². The fraction of sp³-hybridized carbons (Fsp3) is 0.205. The summed E-state index contributed by atoms with van der Waals surface area (Å²) in [5, 5.41) is 0. The second-order valence-electron chi connectivity index (χ2n) is 15.6. The van der Waals surface area contributed by atoms with Crippen molar-refractivity contribution in [2.75, 3.05) is 0 Å². The van der Waals surface area contributed by atoms with Crippen molar-refractivity contribution in [3.63, 3.8) is 0 Å². The van der Waals surface area contributed by atoms with Crippen molar-refractivity contribution in [3.8, 4) is 0 Å². The number of carbonyl (C=O) groups excluding carboxylic acids is 1. The molecule has 0 spiro atoms. The van der Waals surface area contributed by atoms with Gasteiger partial charge < -0.3 is 0 Å². The molecule has 0 aliphatic rings. The van der Waals surface area contributed by atoms with Gasteiger partial charge in [-0.15, -0.1) is 12.6 Å². The molecule has 0 amide bonds. The predicted octanol–water partition coefficient (Wildman–Crippen LogP) is 12.8. The zero-order valence-corrected chi connectivity index (χ0v) is 36.0. The Morgan fingerprint density at radius 2 is 0.630 bits per heavy atom. The van der Waals surface area contributed by atoms with Gasteiger partial charge in [0.15, 0.2) is 12.4 Å². The van der Waals surface area contributed by atoms with Crippen molar-refractivity contribution >= 4 is 46.4 Å². The molecule has 0 atom stereocenters. The molecule has 0 aliphatic heterocycles. The lowest BCUT2D eigenvalue weighted by Crippen LogP contribution is -2.75. The van der Waals surface area contributed by atoms with Crippen LogP contribution < -0.4 is 26.4 Å². The number of halogens is 24. The molecule has 1 heterocycles. The fourth-order valence-corrected chi connectivity index (χ4v) is 7.77. The molecule has 392 valence electrons. The third kappa shape index (κ3) is 13.4. The normalized spacial score (nSPS) is 13.4. The minimum atomic E-state index is -6.13. The molecule has 0 fully saturated rings. The van der Waals surface area contributed by atoms with Crippen LogP contribution in [0.2, 0.25) is 0 Å². The van der Waals surface area contributed by atoms with Crippen LogP contribution in [0.15, 0.2) is 127 Å². The van der Waals surface area contributed by atoms with Crippen LogP contribution in [0.1, 0.15) is 54.9 Å². The average molecular weight is 1090 g/mol. The van der Waals surface area contributed by atoms with Crippen LogP contribution in [-0.2, 0) is 56.0 Å². The molecular weight excluding hydrogens is 1070 g/mol. The Hall–Kier alpha value is -6.42. The van der Waals surface area contributed by atoms with Crippen molar-refractivity contribution in [2.45, 2.75) is 60.9 Å².